The fourth-order valence-corrected chi connectivity index (χ4v) is 1.73. The summed E-state index contributed by atoms with van der Waals surface area (Å²) in [5.74, 6) is 1.97. The minimum Gasteiger partial charge on any atom is -0.479 e. The molecule has 0 amide bonds. The Hall–Kier alpha value is -2.44. The summed E-state index contributed by atoms with van der Waals surface area (Å²) in [7, 11) is 0. The van der Waals surface area contributed by atoms with Crippen LogP contribution < -0.4 is 4.74 Å². The summed E-state index contributed by atoms with van der Waals surface area (Å²) in [6.07, 6.45) is 0.780. The molecule has 1 aromatic heterocycles. The van der Waals surface area contributed by atoms with Crippen molar-refractivity contribution in [2.45, 2.75) is 26.9 Å². The molecule has 1 aromatic carbocycles. The summed E-state index contributed by atoms with van der Waals surface area (Å²) >= 11 is 0. The van der Waals surface area contributed by atoms with Crippen molar-refractivity contribution in [1.29, 1.82) is 0 Å². The summed E-state index contributed by atoms with van der Waals surface area (Å²) < 4.78 is 5.43. The third kappa shape index (κ3) is 3.53. The molecule has 1 N–H and O–H groups in total. The van der Waals surface area contributed by atoms with Gasteiger partial charge < -0.3 is 4.74 Å². The summed E-state index contributed by atoms with van der Waals surface area (Å²) in [5, 5.41) is 17.7. The zero-order valence-electron chi connectivity index (χ0n) is 11.4. The number of nitrogens with one attached hydrogen (secondary N) is 1. The number of nitrogens with zero attached hydrogens (tertiary/aromatic N) is 3. The SMILES string of the molecule is CC(C)Cc1n[nH]c(COc2ccccc2[N+](=O)[O-])n1. The lowest BCUT2D eigenvalue weighted by molar-refractivity contribution is -0.385. The molecule has 0 bridgehead atoms. The molecule has 0 aliphatic rings. The number of nitro groups is 1. The van der Waals surface area contributed by atoms with Gasteiger partial charge in [0.1, 0.15) is 6.61 Å². The molecule has 20 heavy (non-hydrogen) atoms. The third-order valence-corrected chi connectivity index (χ3v) is 2.60. The second-order valence-electron chi connectivity index (χ2n) is 4.81. The van der Waals surface area contributed by atoms with Gasteiger partial charge in [-0.1, -0.05) is 26.0 Å². The van der Waals surface area contributed by atoms with Gasteiger partial charge in [-0.15, -0.1) is 0 Å². The van der Waals surface area contributed by atoms with E-state index in [1.54, 1.807) is 18.2 Å². The molecule has 0 atom stereocenters. The molecule has 0 saturated carbocycles. The molecule has 7 heteroatoms. The van der Waals surface area contributed by atoms with Gasteiger partial charge in [-0.3, -0.25) is 15.2 Å². The van der Waals surface area contributed by atoms with E-state index in [2.05, 4.69) is 29.0 Å². The number of ether oxygens (including phenoxy) is 1. The molecular weight excluding hydrogens is 260 g/mol. The fourth-order valence-electron chi connectivity index (χ4n) is 1.73. The van der Waals surface area contributed by atoms with Crippen LogP contribution in [-0.2, 0) is 13.0 Å². The predicted octanol–water partition coefficient (Wildman–Crippen LogP) is 2.49. The Labute approximate surface area is 116 Å². The van der Waals surface area contributed by atoms with Crippen LogP contribution in [0.5, 0.6) is 5.75 Å². The molecule has 7 nitrogen and oxygen atoms in total. The number of nitro benzene ring substituents is 1. The Morgan fingerprint density at radius 2 is 2.15 bits per heavy atom. The molecule has 0 radical (unpaired) electrons. The molecule has 2 rings (SSSR count). The molecule has 1 heterocycles. The van der Waals surface area contributed by atoms with Crippen LogP contribution in [0.15, 0.2) is 24.3 Å². The third-order valence-electron chi connectivity index (χ3n) is 2.60. The van der Waals surface area contributed by atoms with Gasteiger partial charge in [-0.05, 0) is 12.0 Å². The molecule has 0 saturated heterocycles. The maximum absolute atomic E-state index is 10.8. The molecule has 0 spiro atoms. The first-order valence-electron chi connectivity index (χ1n) is 6.32. The first-order chi connectivity index (χ1) is 9.56. The summed E-state index contributed by atoms with van der Waals surface area (Å²) in [6.45, 7) is 4.29. The number of hydrogen-bond donors (Lipinski definition) is 1. The standard InChI is InChI=1S/C13H16N4O3/c1-9(2)7-12-14-13(16-15-12)8-20-11-6-4-3-5-10(11)17(18)19/h3-6,9H,7-8H2,1-2H3,(H,14,15,16). The van der Waals surface area contributed by atoms with Crippen molar-refractivity contribution in [3.8, 4) is 5.75 Å². The first kappa shape index (κ1) is 14.0. The highest BCUT2D eigenvalue weighted by atomic mass is 16.6. The summed E-state index contributed by atoms with van der Waals surface area (Å²) in [6, 6.07) is 6.25. The van der Waals surface area contributed by atoms with Crippen LogP contribution in [0.1, 0.15) is 25.5 Å². The average Bonchev–Trinajstić information content (AvgIpc) is 2.83. The lowest BCUT2D eigenvalue weighted by Crippen LogP contribution is -2.01. The van der Waals surface area contributed by atoms with Crippen molar-refractivity contribution < 1.29 is 9.66 Å². The van der Waals surface area contributed by atoms with Crippen molar-refractivity contribution in [3.05, 3.63) is 46.0 Å². The number of benzene rings is 1. The molecule has 0 unspecified atom stereocenters. The van der Waals surface area contributed by atoms with Gasteiger partial charge in [0.25, 0.3) is 0 Å². The largest absolute Gasteiger partial charge is 0.479 e. The highest BCUT2D eigenvalue weighted by Crippen LogP contribution is 2.26. The number of rotatable bonds is 6. The van der Waals surface area contributed by atoms with E-state index >= 15 is 0 Å². The molecule has 2 aromatic rings. The van der Waals surface area contributed by atoms with Crippen molar-refractivity contribution in [3.63, 3.8) is 0 Å². The van der Waals surface area contributed by atoms with Gasteiger partial charge in [-0.25, -0.2) is 4.98 Å². The van der Waals surface area contributed by atoms with Gasteiger partial charge in [0.2, 0.25) is 0 Å². The molecule has 106 valence electrons. The van der Waals surface area contributed by atoms with Crippen molar-refractivity contribution in [2.24, 2.45) is 5.92 Å². The molecular formula is C13H16N4O3. The first-order valence-corrected chi connectivity index (χ1v) is 6.32. The zero-order valence-corrected chi connectivity index (χ0v) is 11.4. The molecule has 0 aliphatic heterocycles. The molecule has 0 fully saturated rings. The number of H-pyrrole nitrogens is 1. The van der Waals surface area contributed by atoms with Gasteiger partial charge in [0.05, 0.1) is 4.92 Å². The highest BCUT2D eigenvalue weighted by Gasteiger charge is 2.14. The predicted molar refractivity (Wildman–Crippen MR) is 72.4 cm³/mol. The number of aromatic nitrogens is 3. The second-order valence-corrected chi connectivity index (χ2v) is 4.81. The van der Waals surface area contributed by atoms with Crippen LogP contribution in [0.4, 0.5) is 5.69 Å². The summed E-state index contributed by atoms with van der Waals surface area (Å²) in [4.78, 5) is 14.7. The van der Waals surface area contributed by atoms with E-state index in [1.807, 2.05) is 0 Å². The second kappa shape index (κ2) is 6.14. The van der Waals surface area contributed by atoms with Crippen LogP contribution in [0.2, 0.25) is 0 Å². The van der Waals surface area contributed by atoms with Gasteiger partial charge in [0.15, 0.2) is 17.4 Å². The Morgan fingerprint density at radius 1 is 1.40 bits per heavy atom. The molecule has 0 aliphatic carbocycles. The zero-order chi connectivity index (χ0) is 14.5. The minimum atomic E-state index is -0.472. The Morgan fingerprint density at radius 3 is 2.85 bits per heavy atom. The fraction of sp³-hybridized carbons (Fsp3) is 0.385. The Kier molecular flexibility index (Phi) is 4.29. The van der Waals surface area contributed by atoms with Crippen molar-refractivity contribution >= 4 is 5.69 Å². The van der Waals surface area contributed by atoms with Gasteiger partial charge >= 0.3 is 5.69 Å². The van der Waals surface area contributed by atoms with E-state index in [-0.39, 0.29) is 18.0 Å². The van der Waals surface area contributed by atoms with E-state index in [9.17, 15) is 10.1 Å². The highest BCUT2D eigenvalue weighted by molar-refractivity contribution is 5.45. The van der Waals surface area contributed by atoms with E-state index in [0.717, 1.165) is 12.2 Å². The van der Waals surface area contributed by atoms with Gasteiger partial charge in [0, 0.05) is 12.5 Å². The van der Waals surface area contributed by atoms with Crippen molar-refractivity contribution in [2.75, 3.05) is 0 Å². The van der Waals surface area contributed by atoms with E-state index in [4.69, 9.17) is 4.74 Å². The Balaban J connectivity index is 2.02. The smallest absolute Gasteiger partial charge is 0.310 e. The van der Waals surface area contributed by atoms with Crippen molar-refractivity contribution in [1.82, 2.24) is 15.2 Å². The van der Waals surface area contributed by atoms with E-state index < -0.39 is 4.92 Å². The van der Waals surface area contributed by atoms with Crippen LogP contribution in [0.3, 0.4) is 0 Å². The average molecular weight is 276 g/mol. The summed E-state index contributed by atoms with van der Waals surface area (Å²) in [5.41, 5.74) is -0.0607. The van der Waals surface area contributed by atoms with E-state index in [1.165, 1.54) is 6.07 Å². The maximum Gasteiger partial charge on any atom is 0.310 e. The van der Waals surface area contributed by atoms with E-state index in [0.29, 0.717) is 11.7 Å². The van der Waals surface area contributed by atoms with Gasteiger partial charge in [-0.2, -0.15) is 5.10 Å². The maximum atomic E-state index is 10.8. The van der Waals surface area contributed by atoms with Crippen LogP contribution >= 0.6 is 0 Å². The van der Waals surface area contributed by atoms with Crippen LogP contribution in [0.25, 0.3) is 0 Å². The minimum absolute atomic E-state index is 0.0607. The van der Waals surface area contributed by atoms with Crippen LogP contribution in [-0.4, -0.2) is 20.1 Å². The number of aromatic amines is 1. The lowest BCUT2D eigenvalue weighted by atomic mass is 10.1. The monoisotopic (exact) mass is 276 g/mol. The number of hydrogen-bond acceptors (Lipinski definition) is 5. The lowest BCUT2D eigenvalue weighted by Gasteiger charge is -2.04. The topological polar surface area (TPSA) is 93.9 Å². The van der Waals surface area contributed by atoms with Crippen LogP contribution in [0, 0.1) is 16.0 Å². The quantitative estimate of drug-likeness (QED) is 0.646. The normalized spacial score (nSPS) is 10.8. The Bertz CT molecular complexity index is 595. The number of para-hydroxylation sites is 2.